The topological polar surface area (TPSA) is 69.4 Å². The SMILES string of the molecule is CC(C)CCC[C@H](C)[C@@H]1CC[C@@H]2[C@H]3CC=C4C[C@@H](OC(=O)c5ccccc5[N+](=O)[O-])CC[C@]4(C)[C@@H]3CC[C@]21C. The molecule has 0 aliphatic heterocycles. The molecule has 4 aliphatic rings. The number of carbonyl (C=O) groups excluding carboxylic acids is 1. The average Bonchev–Trinajstić information content (AvgIpc) is 3.26. The molecule has 1 aromatic carbocycles. The number of ether oxygens (including phenoxy) is 1. The molecule has 0 unspecified atom stereocenters. The molecule has 5 heteroatoms. The third-order valence-corrected chi connectivity index (χ3v) is 11.9. The maximum absolute atomic E-state index is 12.9. The Hall–Kier alpha value is -2.17. The van der Waals surface area contributed by atoms with Crippen LogP contribution in [0.25, 0.3) is 0 Å². The van der Waals surface area contributed by atoms with Crippen LogP contribution >= 0.6 is 0 Å². The summed E-state index contributed by atoms with van der Waals surface area (Å²) in [6, 6.07) is 6.10. The van der Waals surface area contributed by atoms with Gasteiger partial charge in [0.25, 0.3) is 5.69 Å². The van der Waals surface area contributed by atoms with Crippen LogP contribution in [0.3, 0.4) is 0 Å². The molecular formula is C34H49NO4. The number of benzene rings is 1. The first-order chi connectivity index (χ1) is 18.5. The molecule has 0 bridgehead atoms. The molecule has 3 saturated carbocycles. The van der Waals surface area contributed by atoms with E-state index in [9.17, 15) is 14.9 Å². The van der Waals surface area contributed by atoms with Crippen molar-refractivity contribution in [3.8, 4) is 0 Å². The van der Waals surface area contributed by atoms with Crippen molar-refractivity contribution >= 4 is 11.7 Å². The number of para-hydroxylation sites is 1. The van der Waals surface area contributed by atoms with Crippen molar-refractivity contribution in [3.63, 3.8) is 0 Å². The Morgan fingerprint density at radius 2 is 1.82 bits per heavy atom. The van der Waals surface area contributed by atoms with Crippen LogP contribution in [-0.4, -0.2) is 17.0 Å². The van der Waals surface area contributed by atoms with Crippen molar-refractivity contribution in [3.05, 3.63) is 51.6 Å². The lowest BCUT2D eigenvalue weighted by Crippen LogP contribution is -2.51. The molecule has 39 heavy (non-hydrogen) atoms. The number of esters is 1. The summed E-state index contributed by atoms with van der Waals surface area (Å²) < 4.78 is 5.89. The second-order valence-electron chi connectivity index (χ2n) is 14.3. The zero-order chi connectivity index (χ0) is 27.9. The first-order valence-corrected chi connectivity index (χ1v) is 15.7. The average molecular weight is 536 g/mol. The molecule has 5 nitrogen and oxygen atoms in total. The van der Waals surface area contributed by atoms with Gasteiger partial charge in [-0.2, -0.15) is 0 Å². The molecule has 0 spiro atoms. The second kappa shape index (κ2) is 11.0. The van der Waals surface area contributed by atoms with Crippen molar-refractivity contribution in [2.45, 2.75) is 111 Å². The number of rotatable bonds is 8. The third kappa shape index (κ3) is 5.20. The third-order valence-electron chi connectivity index (χ3n) is 11.9. The summed E-state index contributed by atoms with van der Waals surface area (Å²) in [5.74, 6) is 4.25. The summed E-state index contributed by atoms with van der Waals surface area (Å²) in [4.78, 5) is 23.8. The Morgan fingerprint density at radius 3 is 2.56 bits per heavy atom. The van der Waals surface area contributed by atoms with Crippen LogP contribution in [0.2, 0.25) is 0 Å². The molecule has 0 N–H and O–H groups in total. The molecule has 0 heterocycles. The fourth-order valence-corrected chi connectivity index (χ4v) is 9.77. The van der Waals surface area contributed by atoms with Crippen molar-refractivity contribution in [1.82, 2.24) is 0 Å². The van der Waals surface area contributed by atoms with Gasteiger partial charge in [-0.05, 0) is 97.3 Å². The van der Waals surface area contributed by atoms with Gasteiger partial charge in [-0.3, -0.25) is 10.1 Å². The summed E-state index contributed by atoms with van der Waals surface area (Å²) in [6.45, 7) is 12.4. The van der Waals surface area contributed by atoms with Gasteiger partial charge in [0.2, 0.25) is 0 Å². The molecule has 4 aliphatic carbocycles. The Kier molecular flexibility index (Phi) is 8.01. The highest BCUT2D eigenvalue weighted by Gasteiger charge is 2.59. The Labute approximate surface area is 235 Å². The number of carbonyl (C=O) groups is 1. The Morgan fingerprint density at radius 1 is 1.05 bits per heavy atom. The van der Waals surface area contributed by atoms with E-state index in [1.165, 1.54) is 62.7 Å². The molecule has 214 valence electrons. The fraction of sp³-hybridized carbons (Fsp3) is 0.735. The maximum atomic E-state index is 12.9. The van der Waals surface area contributed by atoms with Crippen LogP contribution in [0.1, 0.15) is 116 Å². The quantitative estimate of drug-likeness (QED) is 0.144. The van der Waals surface area contributed by atoms with Gasteiger partial charge in [-0.25, -0.2) is 4.79 Å². The van der Waals surface area contributed by atoms with Gasteiger partial charge in [0.15, 0.2) is 0 Å². The van der Waals surface area contributed by atoms with E-state index >= 15 is 0 Å². The van der Waals surface area contributed by atoms with Gasteiger partial charge in [-0.15, -0.1) is 0 Å². The van der Waals surface area contributed by atoms with Crippen LogP contribution in [-0.2, 0) is 4.74 Å². The summed E-state index contributed by atoms with van der Waals surface area (Å²) >= 11 is 0. The van der Waals surface area contributed by atoms with Gasteiger partial charge >= 0.3 is 5.97 Å². The molecule has 0 amide bonds. The lowest BCUT2D eigenvalue weighted by molar-refractivity contribution is -0.385. The van der Waals surface area contributed by atoms with Crippen molar-refractivity contribution in [2.24, 2.45) is 46.3 Å². The smallest absolute Gasteiger partial charge is 0.345 e. The van der Waals surface area contributed by atoms with Crippen LogP contribution in [0.5, 0.6) is 0 Å². The lowest BCUT2D eigenvalue weighted by Gasteiger charge is -2.58. The molecular weight excluding hydrogens is 486 g/mol. The van der Waals surface area contributed by atoms with E-state index in [1.54, 1.807) is 12.1 Å². The van der Waals surface area contributed by atoms with E-state index in [-0.39, 0.29) is 22.8 Å². The van der Waals surface area contributed by atoms with Crippen molar-refractivity contribution in [2.75, 3.05) is 0 Å². The number of allylic oxidation sites excluding steroid dienone is 1. The normalized spacial score (nSPS) is 36.4. The number of hydrogen-bond acceptors (Lipinski definition) is 4. The number of nitrogens with zero attached hydrogens (tertiary/aromatic N) is 1. The molecule has 0 saturated heterocycles. The lowest BCUT2D eigenvalue weighted by atomic mass is 9.47. The first-order valence-electron chi connectivity index (χ1n) is 15.7. The summed E-state index contributed by atoms with van der Waals surface area (Å²) in [6.07, 6.45) is 15.7. The zero-order valence-electron chi connectivity index (χ0n) is 24.8. The number of nitro groups is 1. The van der Waals surface area contributed by atoms with Gasteiger partial charge in [0.1, 0.15) is 11.7 Å². The maximum Gasteiger partial charge on any atom is 0.345 e. The number of fused-ring (bicyclic) bond motifs is 5. The molecule has 8 atom stereocenters. The van der Waals surface area contributed by atoms with Crippen LogP contribution in [0, 0.1) is 56.5 Å². The predicted octanol–water partition coefficient (Wildman–Crippen LogP) is 9.16. The number of nitro benzene ring substituents is 1. The largest absolute Gasteiger partial charge is 0.458 e. The van der Waals surface area contributed by atoms with E-state index in [0.29, 0.717) is 5.41 Å². The number of hydrogen-bond donors (Lipinski definition) is 0. The van der Waals surface area contributed by atoms with E-state index in [2.05, 4.69) is 40.7 Å². The predicted molar refractivity (Wildman–Crippen MR) is 155 cm³/mol. The molecule has 5 rings (SSSR count). The zero-order valence-corrected chi connectivity index (χ0v) is 24.8. The van der Waals surface area contributed by atoms with E-state index in [1.807, 2.05) is 0 Å². The highest BCUT2D eigenvalue weighted by Crippen LogP contribution is 2.67. The standard InChI is InChI=1S/C34H49NO4/c1-22(2)9-8-10-23(3)28-15-16-29-26-14-13-24-21-25(17-19-33(24,4)30(26)18-20-34(28,29)5)39-32(36)27-11-6-7-12-31(27)35(37)38/h6-7,11-13,22-23,25-26,28-30H,8-10,14-21H2,1-5H3/t23-,25-,26+,28-,29+,30+,33-,34-/m0/s1. The Bertz CT molecular complexity index is 1110. The highest BCUT2D eigenvalue weighted by atomic mass is 16.6. The monoisotopic (exact) mass is 535 g/mol. The Balaban J connectivity index is 1.26. The van der Waals surface area contributed by atoms with E-state index in [4.69, 9.17) is 4.74 Å². The second-order valence-corrected chi connectivity index (χ2v) is 14.3. The van der Waals surface area contributed by atoms with E-state index < -0.39 is 10.9 Å². The van der Waals surface area contributed by atoms with Gasteiger partial charge in [0, 0.05) is 12.5 Å². The molecule has 3 fully saturated rings. The van der Waals surface area contributed by atoms with Crippen molar-refractivity contribution in [1.29, 1.82) is 0 Å². The highest BCUT2D eigenvalue weighted by molar-refractivity contribution is 5.94. The summed E-state index contributed by atoms with van der Waals surface area (Å²) in [5, 5.41) is 11.4. The van der Waals surface area contributed by atoms with Gasteiger partial charge < -0.3 is 4.74 Å². The van der Waals surface area contributed by atoms with Crippen molar-refractivity contribution < 1.29 is 14.5 Å². The van der Waals surface area contributed by atoms with Gasteiger partial charge in [0.05, 0.1) is 4.92 Å². The summed E-state index contributed by atoms with van der Waals surface area (Å²) in [7, 11) is 0. The molecule has 1 aromatic rings. The molecule has 0 radical (unpaired) electrons. The minimum atomic E-state index is -0.571. The van der Waals surface area contributed by atoms with E-state index in [0.717, 1.165) is 61.2 Å². The van der Waals surface area contributed by atoms with Crippen LogP contribution in [0.4, 0.5) is 5.69 Å². The first kappa shape index (κ1) is 28.4. The summed E-state index contributed by atoms with van der Waals surface area (Å²) in [5.41, 5.74) is 2.01. The fourth-order valence-electron chi connectivity index (χ4n) is 9.77. The van der Waals surface area contributed by atoms with Crippen LogP contribution in [0.15, 0.2) is 35.9 Å². The van der Waals surface area contributed by atoms with Crippen LogP contribution < -0.4 is 0 Å². The minimum Gasteiger partial charge on any atom is -0.458 e. The molecule has 0 aromatic heterocycles. The minimum absolute atomic E-state index is 0.0503. The van der Waals surface area contributed by atoms with Gasteiger partial charge in [-0.1, -0.05) is 77.7 Å².